The van der Waals surface area contributed by atoms with Crippen molar-refractivity contribution in [3.63, 3.8) is 0 Å². The lowest BCUT2D eigenvalue weighted by atomic mass is 10.0. The molecule has 1 saturated heterocycles. The van der Waals surface area contributed by atoms with E-state index in [9.17, 15) is 4.57 Å². The van der Waals surface area contributed by atoms with Gasteiger partial charge in [-0.3, -0.25) is 4.57 Å². The highest BCUT2D eigenvalue weighted by Gasteiger charge is 2.33. The molecule has 0 saturated carbocycles. The molecule has 0 aromatic carbocycles. The smallest absolute Gasteiger partial charge is 0.356 e. The highest BCUT2D eigenvalue weighted by molar-refractivity contribution is 7.53. The number of aromatic nitrogens is 4. The van der Waals surface area contributed by atoms with E-state index in [0.29, 0.717) is 30.9 Å². The fourth-order valence-electron chi connectivity index (χ4n) is 4.73. The van der Waals surface area contributed by atoms with Crippen molar-refractivity contribution in [3.05, 3.63) is 6.33 Å². The molecule has 2 aromatic rings. The largest absolute Gasteiger partial charge is 0.382 e. The number of hydrogen-bond acceptors (Lipinski definition) is 10. The number of anilines is 2. The Morgan fingerprint density at radius 2 is 1.56 bits per heavy atom. The van der Waals surface area contributed by atoms with Crippen LogP contribution in [-0.4, -0.2) is 58.4 Å². The number of fused-ring (bicyclic) bond motifs is 1. The van der Waals surface area contributed by atoms with Crippen molar-refractivity contribution in [3.8, 4) is 0 Å². The Morgan fingerprint density at radius 3 is 2.18 bits per heavy atom. The summed E-state index contributed by atoms with van der Waals surface area (Å²) in [6, 6.07) is 0. The molecule has 3 rings (SSSR count). The van der Waals surface area contributed by atoms with Crippen molar-refractivity contribution < 1.29 is 23.1 Å². The molecule has 0 spiro atoms. The summed E-state index contributed by atoms with van der Waals surface area (Å²) in [5.41, 5.74) is 12.5. The minimum absolute atomic E-state index is 0.0760. The molecule has 1 fully saturated rings. The van der Waals surface area contributed by atoms with Crippen molar-refractivity contribution in [1.82, 2.24) is 19.5 Å². The predicted octanol–water partition coefficient (Wildman–Crippen LogP) is 6.07. The number of nitrogen functional groups attached to an aromatic ring is 2. The van der Waals surface area contributed by atoms with Gasteiger partial charge in [0.15, 0.2) is 11.5 Å². The Labute approximate surface area is 233 Å². The van der Waals surface area contributed by atoms with Gasteiger partial charge in [-0.25, -0.2) is 4.98 Å². The van der Waals surface area contributed by atoms with E-state index in [1.165, 1.54) is 83.5 Å². The lowest BCUT2D eigenvalue weighted by molar-refractivity contribution is -0.0169. The average molecular weight is 569 g/mol. The summed E-state index contributed by atoms with van der Waals surface area (Å²) in [5, 5.41) is 0. The van der Waals surface area contributed by atoms with Gasteiger partial charge in [0, 0.05) is 6.61 Å². The topological polar surface area (TPSA) is 150 Å². The quantitative estimate of drug-likeness (QED) is 0.134. The van der Waals surface area contributed by atoms with Gasteiger partial charge in [-0.2, -0.15) is 9.97 Å². The summed E-state index contributed by atoms with van der Waals surface area (Å²) in [5.74, 6) is 0.300. The Kier molecular flexibility index (Phi) is 14.5. The van der Waals surface area contributed by atoms with Crippen LogP contribution in [0.2, 0.25) is 0 Å². The lowest BCUT2D eigenvalue weighted by Gasteiger charge is -2.29. The van der Waals surface area contributed by atoms with E-state index in [1.54, 1.807) is 10.9 Å². The Morgan fingerprint density at radius 1 is 0.923 bits per heavy atom. The van der Waals surface area contributed by atoms with Gasteiger partial charge in [-0.1, -0.05) is 90.4 Å². The second kappa shape index (κ2) is 17.8. The molecule has 11 nitrogen and oxygen atoms in total. The second-order valence-corrected chi connectivity index (χ2v) is 12.4. The number of ether oxygens (including phenoxy) is 2. The molecular formula is C27H49N6O5P. The molecule has 0 amide bonds. The van der Waals surface area contributed by atoms with Crippen LogP contribution >= 0.6 is 7.60 Å². The number of nitrogens with two attached hydrogens (primary N) is 2. The van der Waals surface area contributed by atoms with E-state index in [0.717, 1.165) is 6.42 Å². The van der Waals surface area contributed by atoms with Crippen LogP contribution in [0.25, 0.3) is 11.2 Å². The van der Waals surface area contributed by atoms with Crippen LogP contribution in [0, 0.1) is 0 Å². The SMILES string of the molecule is CCCCCCCCCCCCCCCCOCCOP1(=O)CO[C@@H](Cn2cnc3c(N)nc(N)nc32)CO1. The van der Waals surface area contributed by atoms with Crippen molar-refractivity contribution in [2.75, 3.05) is 44.2 Å². The number of nitrogens with zero attached hydrogens (tertiary/aromatic N) is 4. The fraction of sp³-hybridized carbons (Fsp3) is 0.815. The molecule has 0 bridgehead atoms. The van der Waals surface area contributed by atoms with Gasteiger partial charge in [0.1, 0.15) is 18.0 Å². The first-order valence-electron chi connectivity index (χ1n) is 14.8. The Bertz CT molecular complexity index is 994. The number of imidazole rings is 1. The number of hydrogen-bond donors (Lipinski definition) is 2. The standard InChI is InChI=1S/C27H49N6O5P/c1-2-3-4-5-6-7-8-9-10-11-12-13-14-15-16-35-17-18-37-39(34)22-36-23(20-38-39)19-33-21-30-24-25(28)31-27(29)32-26(24)33/h21,23H,2-20,22H2,1H3,(H4,28,29,31,32)/t23-,39?/m0/s1. The second-order valence-electron chi connectivity index (χ2n) is 10.4. The normalized spacial score (nSPS) is 19.7. The molecule has 1 unspecified atom stereocenters. The van der Waals surface area contributed by atoms with Gasteiger partial charge < -0.3 is 34.6 Å². The molecule has 39 heavy (non-hydrogen) atoms. The Balaban J connectivity index is 1.14. The lowest BCUT2D eigenvalue weighted by Crippen LogP contribution is -2.30. The maximum Gasteiger partial charge on any atom is 0.356 e. The van der Waals surface area contributed by atoms with Crippen LogP contribution in [0.3, 0.4) is 0 Å². The van der Waals surface area contributed by atoms with E-state index < -0.39 is 7.60 Å². The van der Waals surface area contributed by atoms with Crippen LogP contribution in [0.1, 0.15) is 96.8 Å². The maximum absolute atomic E-state index is 12.8. The molecule has 1 aliphatic rings. The van der Waals surface area contributed by atoms with Gasteiger partial charge in [-0.15, -0.1) is 0 Å². The summed E-state index contributed by atoms with van der Waals surface area (Å²) in [7, 11) is -3.29. The molecule has 3 heterocycles. The van der Waals surface area contributed by atoms with Gasteiger partial charge in [0.05, 0.1) is 32.7 Å². The zero-order valence-corrected chi connectivity index (χ0v) is 24.6. The Hall–Kier alpha value is -1.78. The van der Waals surface area contributed by atoms with Gasteiger partial charge >= 0.3 is 7.60 Å². The summed E-state index contributed by atoms with van der Waals surface area (Å²) in [4.78, 5) is 12.3. The van der Waals surface area contributed by atoms with Crippen molar-refractivity contribution >= 4 is 30.5 Å². The van der Waals surface area contributed by atoms with E-state index >= 15 is 0 Å². The third-order valence-electron chi connectivity index (χ3n) is 6.99. The third-order valence-corrected chi connectivity index (χ3v) is 8.58. The average Bonchev–Trinajstić information content (AvgIpc) is 3.32. The van der Waals surface area contributed by atoms with Crippen LogP contribution in [-0.2, 0) is 29.6 Å². The molecule has 12 heteroatoms. The van der Waals surface area contributed by atoms with Crippen LogP contribution in [0.5, 0.6) is 0 Å². The predicted molar refractivity (Wildman–Crippen MR) is 155 cm³/mol. The van der Waals surface area contributed by atoms with Crippen molar-refractivity contribution in [2.24, 2.45) is 0 Å². The van der Waals surface area contributed by atoms with E-state index in [2.05, 4.69) is 21.9 Å². The van der Waals surface area contributed by atoms with Crippen LogP contribution in [0.15, 0.2) is 6.33 Å². The summed E-state index contributed by atoms with van der Waals surface area (Å²) in [6.45, 7) is 4.10. The highest BCUT2D eigenvalue weighted by atomic mass is 31.2. The molecule has 222 valence electrons. The van der Waals surface area contributed by atoms with E-state index in [1.807, 2.05) is 0 Å². The minimum Gasteiger partial charge on any atom is -0.382 e. The molecule has 0 radical (unpaired) electrons. The van der Waals surface area contributed by atoms with E-state index in [-0.39, 0.29) is 37.4 Å². The van der Waals surface area contributed by atoms with Gasteiger partial charge in [0.25, 0.3) is 0 Å². The van der Waals surface area contributed by atoms with Crippen molar-refractivity contribution in [2.45, 2.75) is 109 Å². The first kappa shape index (κ1) is 31.7. The molecule has 0 aliphatic carbocycles. The summed E-state index contributed by atoms with van der Waals surface area (Å²) in [6.07, 6.45) is 19.8. The van der Waals surface area contributed by atoms with Crippen LogP contribution in [0.4, 0.5) is 11.8 Å². The molecular weight excluding hydrogens is 519 g/mol. The third kappa shape index (κ3) is 11.7. The van der Waals surface area contributed by atoms with Gasteiger partial charge in [0.2, 0.25) is 5.95 Å². The maximum atomic E-state index is 12.8. The summed E-state index contributed by atoms with van der Waals surface area (Å²) < 4.78 is 37.0. The monoisotopic (exact) mass is 568 g/mol. The number of unbranched alkanes of at least 4 members (excludes halogenated alkanes) is 13. The molecule has 1 aliphatic heterocycles. The summed E-state index contributed by atoms with van der Waals surface area (Å²) >= 11 is 0. The zero-order valence-electron chi connectivity index (χ0n) is 23.7. The molecule has 4 N–H and O–H groups in total. The van der Waals surface area contributed by atoms with E-state index in [4.69, 9.17) is 30.0 Å². The molecule has 2 atom stereocenters. The molecule has 2 aromatic heterocycles. The van der Waals surface area contributed by atoms with Gasteiger partial charge in [-0.05, 0) is 6.42 Å². The van der Waals surface area contributed by atoms with Crippen molar-refractivity contribution in [1.29, 1.82) is 0 Å². The first-order valence-corrected chi connectivity index (χ1v) is 16.5. The minimum atomic E-state index is -3.29. The fourth-order valence-corrected chi connectivity index (χ4v) is 6.09. The highest BCUT2D eigenvalue weighted by Crippen LogP contribution is 2.50. The first-order chi connectivity index (χ1) is 19.0. The zero-order chi connectivity index (χ0) is 27.8. The number of rotatable bonds is 21. The van der Waals surface area contributed by atoms with Crippen LogP contribution < -0.4 is 11.5 Å².